The molecule has 7 heteroatoms. The van der Waals surface area contributed by atoms with Gasteiger partial charge in [-0.05, 0) is 60.1 Å². The maximum Gasteiger partial charge on any atom is 0.228 e. The highest BCUT2D eigenvalue weighted by Gasteiger charge is 2.58. The number of aromatic nitrogens is 2. The Labute approximate surface area is 163 Å². The van der Waals surface area contributed by atoms with Crippen molar-refractivity contribution in [2.24, 2.45) is 5.41 Å². The molecule has 0 aromatic carbocycles. The average Bonchev–Trinajstić information content (AvgIpc) is 3.00. The lowest BCUT2D eigenvalue weighted by molar-refractivity contribution is -0.134. The molecule has 1 saturated carbocycles. The Balaban J connectivity index is 1.33. The number of carbonyl (C=O) groups excluding carboxylic acids is 2. The van der Waals surface area contributed by atoms with Gasteiger partial charge in [0.1, 0.15) is 0 Å². The van der Waals surface area contributed by atoms with E-state index in [1.54, 1.807) is 18.3 Å². The van der Waals surface area contributed by atoms with E-state index in [9.17, 15) is 9.59 Å². The van der Waals surface area contributed by atoms with Crippen LogP contribution in [0, 0.1) is 12.3 Å². The first kappa shape index (κ1) is 18.2. The van der Waals surface area contributed by atoms with Gasteiger partial charge >= 0.3 is 0 Å². The Morgan fingerprint density at radius 2 is 2.19 bits per heavy atom. The van der Waals surface area contributed by atoms with Gasteiger partial charge in [0.2, 0.25) is 11.8 Å². The fourth-order valence-corrected chi connectivity index (χ4v) is 5.02. The summed E-state index contributed by atoms with van der Waals surface area (Å²) in [6, 6.07) is 4.34. The van der Waals surface area contributed by atoms with Crippen molar-refractivity contribution in [1.82, 2.24) is 20.0 Å². The molecule has 6 nitrogen and oxygen atoms in total. The maximum absolute atomic E-state index is 12.6. The average molecular weight is 387 g/mol. The number of rotatable bonds is 5. The number of aryl methyl sites for hydroxylation is 1. The first-order valence-corrected chi connectivity index (χ1v) is 10.5. The van der Waals surface area contributed by atoms with Gasteiger partial charge in [0.15, 0.2) is 0 Å². The fourth-order valence-electron chi connectivity index (χ4n) is 4.36. The standard InChI is InChI=1S/C20H26N4O2S/c1-14-9-17(22-21-14)10-19(26)23-6-4-20(5-7-23)11-18(20)24(15(2)25)12-16-3-8-27-13-16/h3,8-9,13,18H,4-7,10-12H2,1-2H3,(H,21,22)/t18-/m0/s1. The summed E-state index contributed by atoms with van der Waals surface area (Å²) in [6.07, 6.45) is 3.39. The van der Waals surface area contributed by atoms with E-state index >= 15 is 0 Å². The first-order chi connectivity index (χ1) is 13.0. The van der Waals surface area contributed by atoms with Gasteiger partial charge in [-0.3, -0.25) is 14.7 Å². The lowest BCUT2D eigenvalue weighted by atomic mass is 9.92. The van der Waals surface area contributed by atoms with E-state index in [1.165, 1.54) is 5.56 Å². The second kappa shape index (κ2) is 7.11. The van der Waals surface area contributed by atoms with Crippen LogP contribution < -0.4 is 0 Å². The second-order valence-electron chi connectivity index (χ2n) is 7.96. The van der Waals surface area contributed by atoms with Crippen LogP contribution in [0.25, 0.3) is 0 Å². The van der Waals surface area contributed by atoms with Gasteiger partial charge in [-0.1, -0.05) is 0 Å². The zero-order valence-electron chi connectivity index (χ0n) is 15.9. The number of hydrogen-bond donors (Lipinski definition) is 1. The quantitative estimate of drug-likeness (QED) is 0.859. The molecule has 2 aromatic rings. The summed E-state index contributed by atoms with van der Waals surface area (Å²) in [4.78, 5) is 28.8. The highest BCUT2D eigenvalue weighted by molar-refractivity contribution is 7.07. The number of thiophene rings is 1. The third-order valence-corrected chi connectivity index (χ3v) is 6.80. The molecule has 1 spiro atoms. The molecular weight excluding hydrogens is 360 g/mol. The number of H-pyrrole nitrogens is 1. The molecular formula is C20H26N4O2S. The van der Waals surface area contributed by atoms with Gasteiger partial charge in [-0.25, -0.2) is 0 Å². The molecule has 27 heavy (non-hydrogen) atoms. The maximum atomic E-state index is 12.6. The Hall–Kier alpha value is -2.15. The molecule has 144 valence electrons. The fraction of sp³-hybridized carbons (Fsp3) is 0.550. The second-order valence-corrected chi connectivity index (χ2v) is 8.74. The van der Waals surface area contributed by atoms with Crippen molar-refractivity contribution >= 4 is 23.2 Å². The first-order valence-electron chi connectivity index (χ1n) is 9.54. The molecule has 1 aliphatic heterocycles. The van der Waals surface area contributed by atoms with E-state index in [4.69, 9.17) is 0 Å². The number of hydrogen-bond acceptors (Lipinski definition) is 4. The van der Waals surface area contributed by atoms with Crippen LogP contribution in [0.2, 0.25) is 0 Å². The van der Waals surface area contributed by atoms with Crippen molar-refractivity contribution in [3.05, 3.63) is 39.8 Å². The molecule has 4 rings (SSSR count). The minimum absolute atomic E-state index is 0.148. The van der Waals surface area contributed by atoms with E-state index in [1.807, 2.05) is 22.8 Å². The molecule has 1 atom stereocenters. The zero-order chi connectivity index (χ0) is 19.0. The topological polar surface area (TPSA) is 69.3 Å². The van der Waals surface area contributed by atoms with Gasteiger partial charge < -0.3 is 9.80 Å². The van der Waals surface area contributed by atoms with Crippen LogP contribution in [0.5, 0.6) is 0 Å². The van der Waals surface area contributed by atoms with E-state index in [-0.39, 0.29) is 17.2 Å². The SMILES string of the molecule is CC(=O)N(Cc1ccsc1)[C@H]1CC12CCN(C(=O)Cc1cc(C)[nH]n1)CC2. The number of likely N-dealkylation sites (tertiary alicyclic amines) is 1. The minimum Gasteiger partial charge on any atom is -0.342 e. The Morgan fingerprint density at radius 1 is 1.41 bits per heavy atom. The molecule has 0 radical (unpaired) electrons. The Kier molecular flexibility index (Phi) is 4.80. The predicted octanol–water partition coefficient (Wildman–Crippen LogP) is 2.75. The number of piperidine rings is 1. The number of nitrogens with zero attached hydrogens (tertiary/aromatic N) is 3. The smallest absolute Gasteiger partial charge is 0.228 e. The van der Waals surface area contributed by atoms with Gasteiger partial charge in [0.25, 0.3) is 0 Å². The van der Waals surface area contributed by atoms with Gasteiger partial charge in [-0.15, -0.1) is 0 Å². The molecule has 1 aliphatic carbocycles. The van der Waals surface area contributed by atoms with Crippen LogP contribution >= 0.6 is 11.3 Å². The largest absolute Gasteiger partial charge is 0.342 e. The number of nitrogens with one attached hydrogen (secondary N) is 1. The van der Waals surface area contributed by atoms with Crippen LogP contribution in [0.4, 0.5) is 0 Å². The summed E-state index contributed by atoms with van der Waals surface area (Å²) in [5.41, 5.74) is 3.20. The number of aromatic amines is 1. The van der Waals surface area contributed by atoms with Gasteiger partial charge in [0.05, 0.1) is 12.1 Å². The summed E-state index contributed by atoms with van der Waals surface area (Å²) in [7, 11) is 0. The third kappa shape index (κ3) is 3.78. The molecule has 2 fully saturated rings. The Bertz CT molecular complexity index is 821. The van der Waals surface area contributed by atoms with Crippen molar-refractivity contribution in [3.8, 4) is 0 Å². The monoisotopic (exact) mass is 386 g/mol. The van der Waals surface area contributed by atoms with E-state index in [0.717, 1.165) is 43.7 Å². The molecule has 2 amide bonds. The number of amides is 2. The van der Waals surface area contributed by atoms with E-state index in [2.05, 4.69) is 27.0 Å². The third-order valence-electron chi connectivity index (χ3n) is 6.06. The van der Waals surface area contributed by atoms with Crippen LogP contribution in [0.3, 0.4) is 0 Å². The molecule has 0 bridgehead atoms. The normalized spacial score (nSPS) is 20.7. The van der Waals surface area contributed by atoms with Crippen molar-refractivity contribution in [2.75, 3.05) is 13.1 Å². The number of carbonyl (C=O) groups is 2. The van der Waals surface area contributed by atoms with Crippen LogP contribution in [0.15, 0.2) is 22.9 Å². The predicted molar refractivity (Wildman–Crippen MR) is 104 cm³/mol. The van der Waals surface area contributed by atoms with Crippen LogP contribution in [-0.4, -0.2) is 50.9 Å². The van der Waals surface area contributed by atoms with Crippen LogP contribution in [-0.2, 0) is 22.6 Å². The molecule has 1 N–H and O–H groups in total. The zero-order valence-corrected chi connectivity index (χ0v) is 16.7. The highest BCUT2D eigenvalue weighted by Crippen LogP contribution is 2.57. The summed E-state index contributed by atoms with van der Waals surface area (Å²) >= 11 is 1.67. The lowest BCUT2D eigenvalue weighted by Gasteiger charge is -2.34. The summed E-state index contributed by atoms with van der Waals surface area (Å²) < 4.78 is 0. The summed E-state index contributed by atoms with van der Waals surface area (Å²) in [5, 5.41) is 11.2. The minimum atomic E-state index is 0.148. The van der Waals surface area contributed by atoms with E-state index < -0.39 is 0 Å². The van der Waals surface area contributed by atoms with Crippen molar-refractivity contribution in [1.29, 1.82) is 0 Å². The van der Waals surface area contributed by atoms with E-state index in [0.29, 0.717) is 19.0 Å². The lowest BCUT2D eigenvalue weighted by Crippen LogP contribution is -2.43. The van der Waals surface area contributed by atoms with Crippen molar-refractivity contribution < 1.29 is 9.59 Å². The summed E-state index contributed by atoms with van der Waals surface area (Å²) in [5.74, 6) is 0.297. The molecule has 3 heterocycles. The van der Waals surface area contributed by atoms with Crippen molar-refractivity contribution in [3.63, 3.8) is 0 Å². The Morgan fingerprint density at radius 3 is 2.78 bits per heavy atom. The van der Waals surface area contributed by atoms with Crippen LogP contribution in [0.1, 0.15) is 43.1 Å². The molecule has 1 saturated heterocycles. The molecule has 2 aliphatic rings. The highest BCUT2D eigenvalue weighted by atomic mass is 32.1. The molecule has 2 aromatic heterocycles. The molecule has 0 unspecified atom stereocenters. The van der Waals surface area contributed by atoms with Gasteiger partial charge in [-0.2, -0.15) is 16.4 Å². The van der Waals surface area contributed by atoms with Gasteiger partial charge in [0, 0.05) is 38.3 Å². The summed E-state index contributed by atoms with van der Waals surface area (Å²) in [6.45, 7) is 5.87. The van der Waals surface area contributed by atoms with Crippen molar-refractivity contribution in [2.45, 2.75) is 52.1 Å².